The van der Waals surface area contributed by atoms with E-state index in [-0.39, 0.29) is 29.8 Å². The van der Waals surface area contributed by atoms with E-state index in [4.69, 9.17) is 17.3 Å². The minimum Gasteiger partial charge on any atom is -0.339 e. The van der Waals surface area contributed by atoms with E-state index in [2.05, 4.69) is 18.7 Å². The molecule has 2 amide bonds. The third-order valence-corrected chi connectivity index (χ3v) is 7.26. The van der Waals surface area contributed by atoms with E-state index in [9.17, 15) is 9.59 Å². The van der Waals surface area contributed by atoms with Gasteiger partial charge >= 0.3 is 0 Å². The fraction of sp³-hybridized carbons (Fsp3) is 0.680. The Morgan fingerprint density at radius 3 is 2.32 bits per heavy atom. The number of amides is 2. The summed E-state index contributed by atoms with van der Waals surface area (Å²) >= 11 is 5.95. The lowest BCUT2D eigenvalue weighted by molar-refractivity contribution is -0.141. The fourth-order valence-electron chi connectivity index (χ4n) is 4.98. The molecule has 1 aromatic carbocycles. The quantitative estimate of drug-likeness (QED) is 0.708. The Morgan fingerprint density at radius 1 is 1.13 bits per heavy atom. The molecule has 1 aliphatic carbocycles. The molecule has 2 atom stereocenters. The van der Waals surface area contributed by atoms with E-state index in [1.807, 2.05) is 43.0 Å². The zero-order valence-electron chi connectivity index (χ0n) is 19.4. The van der Waals surface area contributed by atoms with Crippen LogP contribution in [0.2, 0.25) is 5.02 Å². The molecule has 2 N–H and O–H groups in total. The molecule has 2 fully saturated rings. The highest BCUT2D eigenvalue weighted by atomic mass is 35.5. The van der Waals surface area contributed by atoms with Crippen LogP contribution in [0.1, 0.15) is 65.4 Å². The molecule has 1 heterocycles. The van der Waals surface area contributed by atoms with Crippen molar-refractivity contribution in [1.82, 2.24) is 9.80 Å². The van der Waals surface area contributed by atoms with Crippen molar-refractivity contribution in [3.8, 4) is 0 Å². The number of hydrogen-bond donors (Lipinski definition) is 1. The van der Waals surface area contributed by atoms with Crippen LogP contribution in [-0.2, 0) is 16.0 Å². The zero-order valence-corrected chi connectivity index (χ0v) is 20.2. The van der Waals surface area contributed by atoms with Gasteiger partial charge in [0.05, 0.1) is 12.1 Å². The largest absolute Gasteiger partial charge is 0.339 e. The predicted molar refractivity (Wildman–Crippen MR) is 126 cm³/mol. The predicted octanol–water partition coefficient (Wildman–Crippen LogP) is 4.26. The monoisotopic (exact) mass is 447 g/mol. The van der Waals surface area contributed by atoms with Crippen molar-refractivity contribution in [3.63, 3.8) is 0 Å². The summed E-state index contributed by atoms with van der Waals surface area (Å²) in [4.78, 5) is 30.2. The van der Waals surface area contributed by atoms with Crippen LogP contribution in [0.3, 0.4) is 0 Å². The number of likely N-dealkylation sites (tertiary alicyclic amines) is 1. The molecule has 1 aromatic rings. The number of halogens is 1. The first-order chi connectivity index (χ1) is 14.6. The van der Waals surface area contributed by atoms with E-state index in [1.165, 1.54) is 0 Å². The summed E-state index contributed by atoms with van der Waals surface area (Å²) in [5.74, 6) is 0.153. The lowest BCUT2D eigenvalue weighted by Gasteiger charge is -2.43. The highest BCUT2D eigenvalue weighted by Crippen LogP contribution is 2.38. The van der Waals surface area contributed by atoms with Gasteiger partial charge in [-0.05, 0) is 61.6 Å². The number of carbonyl (C=O) groups excluding carboxylic acids is 2. The van der Waals surface area contributed by atoms with Gasteiger partial charge in [0, 0.05) is 30.1 Å². The van der Waals surface area contributed by atoms with E-state index in [0.717, 1.165) is 37.7 Å². The second-order valence-corrected chi connectivity index (χ2v) is 10.9. The second-order valence-electron chi connectivity index (χ2n) is 10.5. The van der Waals surface area contributed by atoms with Crippen LogP contribution < -0.4 is 5.73 Å². The molecule has 0 radical (unpaired) electrons. The molecule has 1 aliphatic heterocycles. The standard InChI is InChI=1S/C25H38ClN3O2/c1-17(2)23(30)29(20-9-12-25(3,4)13-10-20)21-11-14-28(16-21)24(31)22(27)15-18-5-7-19(26)8-6-18/h5-8,17,20-22H,9-16,27H2,1-4H3. The Balaban J connectivity index is 1.64. The van der Waals surface area contributed by atoms with Crippen LogP contribution >= 0.6 is 11.6 Å². The number of nitrogens with zero attached hydrogens (tertiary/aromatic N) is 2. The Kier molecular flexibility index (Phi) is 7.69. The van der Waals surface area contributed by atoms with Gasteiger partial charge in [-0.1, -0.05) is 51.4 Å². The minimum atomic E-state index is -0.579. The van der Waals surface area contributed by atoms with Gasteiger partial charge in [-0.3, -0.25) is 9.59 Å². The fourth-order valence-corrected chi connectivity index (χ4v) is 5.11. The van der Waals surface area contributed by atoms with Gasteiger partial charge < -0.3 is 15.5 Å². The molecule has 0 spiro atoms. The van der Waals surface area contributed by atoms with Crippen LogP contribution in [0.5, 0.6) is 0 Å². The van der Waals surface area contributed by atoms with Crippen molar-refractivity contribution in [3.05, 3.63) is 34.9 Å². The average Bonchev–Trinajstić information content (AvgIpc) is 3.20. The lowest BCUT2D eigenvalue weighted by Crippen LogP contribution is -2.52. The Labute approximate surface area is 192 Å². The smallest absolute Gasteiger partial charge is 0.239 e. The Hall–Kier alpha value is -1.59. The van der Waals surface area contributed by atoms with Crippen molar-refractivity contribution >= 4 is 23.4 Å². The molecular weight excluding hydrogens is 410 g/mol. The first kappa shape index (κ1) is 24.1. The summed E-state index contributed by atoms with van der Waals surface area (Å²) in [5, 5.41) is 0.673. The molecule has 3 rings (SSSR count). The molecule has 0 bridgehead atoms. The summed E-state index contributed by atoms with van der Waals surface area (Å²) in [7, 11) is 0. The number of nitrogens with two attached hydrogens (primary N) is 1. The number of carbonyl (C=O) groups is 2. The van der Waals surface area contributed by atoms with E-state index in [0.29, 0.717) is 29.9 Å². The number of hydrogen-bond acceptors (Lipinski definition) is 3. The first-order valence-electron chi connectivity index (χ1n) is 11.7. The third-order valence-electron chi connectivity index (χ3n) is 7.00. The molecular formula is C25H38ClN3O2. The normalized spacial score (nSPS) is 22.5. The maximum atomic E-state index is 13.2. The van der Waals surface area contributed by atoms with Crippen LogP contribution in [0.15, 0.2) is 24.3 Å². The van der Waals surface area contributed by atoms with Crippen molar-refractivity contribution < 1.29 is 9.59 Å². The van der Waals surface area contributed by atoms with Crippen molar-refractivity contribution in [1.29, 1.82) is 0 Å². The van der Waals surface area contributed by atoms with Crippen molar-refractivity contribution in [2.45, 2.75) is 84.3 Å². The van der Waals surface area contributed by atoms with E-state index >= 15 is 0 Å². The highest BCUT2D eigenvalue weighted by molar-refractivity contribution is 6.30. The van der Waals surface area contributed by atoms with Crippen LogP contribution in [-0.4, -0.2) is 52.8 Å². The molecule has 2 aliphatic rings. The molecule has 172 valence electrons. The summed E-state index contributed by atoms with van der Waals surface area (Å²) in [6, 6.07) is 7.26. The number of rotatable bonds is 6. The molecule has 5 nitrogen and oxygen atoms in total. The topological polar surface area (TPSA) is 66.6 Å². The second kappa shape index (κ2) is 9.91. The molecule has 1 saturated heterocycles. The number of benzene rings is 1. The first-order valence-corrected chi connectivity index (χ1v) is 12.1. The molecule has 0 aromatic heterocycles. The SMILES string of the molecule is CC(C)C(=O)N(C1CCC(C)(C)CC1)C1CCN(C(=O)C(N)Cc2ccc(Cl)cc2)C1. The maximum absolute atomic E-state index is 13.2. The minimum absolute atomic E-state index is 0.0285. The zero-order chi connectivity index (χ0) is 22.8. The highest BCUT2D eigenvalue weighted by Gasteiger charge is 2.40. The Bertz CT molecular complexity index is 767. The van der Waals surface area contributed by atoms with Crippen LogP contribution in [0, 0.1) is 11.3 Å². The lowest BCUT2D eigenvalue weighted by atomic mass is 9.75. The van der Waals surface area contributed by atoms with Gasteiger partial charge in [0.25, 0.3) is 0 Å². The summed E-state index contributed by atoms with van der Waals surface area (Å²) in [6.45, 7) is 9.83. The third kappa shape index (κ3) is 6.01. The summed E-state index contributed by atoms with van der Waals surface area (Å²) in [5.41, 5.74) is 7.62. The molecule has 6 heteroatoms. The van der Waals surface area contributed by atoms with E-state index < -0.39 is 6.04 Å². The molecule has 2 unspecified atom stereocenters. The Morgan fingerprint density at radius 2 is 1.74 bits per heavy atom. The van der Waals surface area contributed by atoms with Gasteiger partial charge in [0.15, 0.2) is 0 Å². The van der Waals surface area contributed by atoms with Gasteiger partial charge in [0.2, 0.25) is 11.8 Å². The molecule has 1 saturated carbocycles. The van der Waals surface area contributed by atoms with E-state index in [1.54, 1.807) is 0 Å². The van der Waals surface area contributed by atoms with Crippen LogP contribution in [0.4, 0.5) is 0 Å². The van der Waals surface area contributed by atoms with Gasteiger partial charge in [-0.25, -0.2) is 0 Å². The van der Waals surface area contributed by atoms with Crippen LogP contribution in [0.25, 0.3) is 0 Å². The average molecular weight is 448 g/mol. The summed E-state index contributed by atoms with van der Waals surface area (Å²) < 4.78 is 0. The van der Waals surface area contributed by atoms with Crippen molar-refractivity contribution in [2.75, 3.05) is 13.1 Å². The van der Waals surface area contributed by atoms with Gasteiger partial charge in [-0.15, -0.1) is 0 Å². The van der Waals surface area contributed by atoms with Crippen molar-refractivity contribution in [2.24, 2.45) is 17.1 Å². The summed E-state index contributed by atoms with van der Waals surface area (Å²) in [6.07, 6.45) is 5.70. The van der Waals surface area contributed by atoms with Gasteiger partial charge in [-0.2, -0.15) is 0 Å². The molecule has 31 heavy (non-hydrogen) atoms. The van der Waals surface area contributed by atoms with Gasteiger partial charge in [0.1, 0.15) is 0 Å². The maximum Gasteiger partial charge on any atom is 0.239 e.